The summed E-state index contributed by atoms with van der Waals surface area (Å²) in [7, 11) is 0. The van der Waals surface area contributed by atoms with Crippen LogP contribution in [0, 0.1) is 5.41 Å². The maximum Gasteiger partial charge on any atom is 0.254 e. The molecule has 2 aromatic heterocycles. The van der Waals surface area contributed by atoms with E-state index in [2.05, 4.69) is 43.1 Å². The van der Waals surface area contributed by atoms with Crippen molar-refractivity contribution < 1.29 is 4.79 Å². The van der Waals surface area contributed by atoms with Gasteiger partial charge in [0.2, 0.25) is 0 Å². The minimum atomic E-state index is -0.459. The first-order valence-electron chi connectivity index (χ1n) is 10.9. The molecule has 0 aliphatic carbocycles. The molecule has 0 spiro atoms. The number of carbonyl (C=O) groups excluding carboxylic acids is 1. The topological polar surface area (TPSA) is 113 Å². The van der Waals surface area contributed by atoms with Gasteiger partial charge in [0.15, 0.2) is 5.82 Å². The zero-order chi connectivity index (χ0) is 25.2. The van der Waals surface area contributed by atoms with Crippen LogP contribution in [0.3, 0.4) is 0 Å². The van der Waals surface area contributed by atoms with Crippen molar-refractivity contribution in [2.75, 3.05) is 5.32 Å². The molecule has 12 heteroatoms. The van der Waals surface area contributed by atoms with Gasteiger partial charge in [0, 0.05) is 23.2 Å². The average molecular weight is 631 g/mol. The third kappa shape index (κ3) is 4.52. The van der Waals surface area contributed by atoms with Gasteiger partial charge < -0.3 is 21.4 Å². The Labute approximate surface area is 226 Å². The number of halogens is 2. The molecule has 1 aliphatic heterocycles. The van der Waals surface area contributed by atoms with Gasteiger partial charge in [0.25, 0.3) is 5.91 Å². The summed E-state index contributed by atoms with van der Waals surface area (Å²) in [5, 5.41) is 28.4. The fraction of sp³-hybridized carbons (Fsp3) is 0.0833. The van der Waals surface area contributed by atoms with Crippen LogP contribution in [0.4, 0.5) is 11.5 Å². The van der Waals surface area contributed by atoms with E-state index in [0.29, 0.717) is 17.2 Å². The number of para-hydroxylation sites is 1. The maximum atomic E-state index is 12.4. The number of amides is 1. The van der Waals surface area contributed by atoms with Gasteiger partial charge in [-0.15, -0.1) is 5.10 Å². The van der Waals surface area contributed by atoms with E-state index in [4.69, 9.17) is 22.1 Å². The smallest absolute Gasteiger partial charge is 0.254 e. The van der Waals surface area contributed by atoms with Gasteiger partial charge in [-0.2, -0.15) is 5.10 Å². The number of hydrogen-bond donors (Lipinski definition) is 4. The Hall–Kier alpha value is -3.21. The van der Waals surface area contributed by atoms with Crippen LogP contribution in [-0.4, -0.2) is 37.6 Å². The molecule has 36 heavy (non-hydrogen) atoms. The highest BCUT2D eigenvalue weighted by Crippen LogP contribution is 2.37. The Bertz CT molecular complexity index is 1590. The maximum absolute atomic E-state index is 12.4. The van der Waals surface area contributed by atoms with Gasteiger partial charge in [-0.05, 0) is 65.4 Å². The van der Waals surface area contributed by atoms with Crippen molar-refractivity contribution in [3.05, 3.63) is 77.6 Å². The molecule has 182 valence electrons. The minimum absolute atomic E-state index is 0.288. The van der Waals surface area contributed by atoms with Crippen molar-refractivity contribution >= 4 is 91.1 Å². The lowest BCUT2D eigenvalue weighted by Gasteiger charge is -2.20. The number of dihydropyridines is 1. The molecule has 1 amide bonds. The van der Waals surface area contributed by atoms with Gasteiger partial charge >= 0.3 is 0 Å². The second-order valence-corrected chi connectivity index (χ2v) is 10.3. The van der Waals surface area contributed by atoms with E-state index >= 15 is 0 Å². The lowest BCUT2D eigenvalue weighted by Crippen LogP contribution is -2.43. The molecule has 2 unspecified atom stereocenters. The average Bonchev–Trinajstić information content (AvgIpc) is 3.49. The lowest BCUT2D eigenvalue weighted by atomic mass is 10.2. The highest BCUT2D eigenvalue weighted by Gasteiger charge is 2.19. The summed E-state index contributed by atoms with van der Waals surface area (Å²) in [6.45, 7) is 1.72. The number of carbonyl (C=O) groups is 1. The zero-order valence-corrected chi connectivity index (χ0v) is 22.9. The van der Waals surface area contributed by atoms with Gasteiger partial charge in [-0.25, -0.2) is 9.13 Å². The third-order valence-electron chi connectivity index (χ3n) is 5.73. The number of aromatic nitrogens is 4. The van der Waals surface area contributed by atoms with E-state index in [-0.39, 0.29) is 11.5 Å². The van der Waals surface area contributed by atoms with Crippen LogP contribution >= 0.6 is 40.0 Å². The first-order chi connectivity index (χ1) is 17.5. The number of allylic oxidation sites excluding steroid dienone is 3. The molecule has 4 aromatic rings. The Morgan fingerprint density at radius 1 is 1.25 bits per heavy atom. The lowest BCUT2D eigenvalue weighted by molar-refractivity contribution is -0.117. The van der Waals surface area contributed by atoms with Crippen molar-refractivity contribution in [2.45, 2.75) is 13.1 Å². The van der Waals surface area contributed by atoms with Crippen molar-refractivity contribution in [1.82, 2.24) is 30.0 Å². The molecule has 0 fully saturated rings. The predicted molar refractivity (Wildman–Crippen MR) is 157 cm³/mol. The standard InChI is InChI=1S/C24H21ClIN8OP/c1-2-14(12-27)24(35)31-21-11-15(9-10-28-21)33-19-6-4-3-5-16(19)23(32-33)30-18-7-8-20-17(22(18)25)13-29-34(20)36-26/h2-13,21,27-28,36H,1H3,(H,30,32)(H,31,35)/b14-2+,27-12?. The molecular weight excluding hydrogens is 610 g/mol. The van der Waals surface area contributed by atoms with E-state index in [0.717, 1.165) is 39.4 Å². The molecule has 3 heterocycles. The zero-order valence-electron chi connectivity index (χ0n) is 19.0. The molecule has 0 radical (unpaired) electrons. The van der Waals surface area contributed by atoms with E-state index in [1.54, 1.807) is 25.4 Å². The minimum Gasteiger partial charge on any atom is -0.368 e. The first kappa shape index (κ1) is 24.5. The number of nitrogens with one attached hydrogen (secondary N) is 4. The summed E-state index contributed by atoms with van der Waals surface area (Å²) in [4.78, 5) is 12.4. The highest BCUT2D eigenvalue weighted by molar-refractivity contribution is 14.2. The van der Waals surface area contributed by atoms with Crippen LogP contribution in [0.15, 0.2) is 72.6 Å². The van der Waals surface area contributed by atoms with E-state index in [1.807, 2.05) is 57.7 Å². The Morgan fingerprint density at radius 2 is 2.08 bits per heavy atom. The molecule has 2 aromatic carbocycles. The number of anilines is 2. The van der Waals surface area contributed by atoms with Crippen molar-refractivity contribution in [2.24, 2.45) is 0 Å². The SMILES string of the molecule is C/C=C(\C=N)C(=O)NC1C=C(n2nc(Nc3ccc4c(cnn4PI)c3Cl)c3ccccc32)C=CN1. The Morgan fingerprint density at radius 3 is 2.86 bits per heavy atom. The number of rotatable bonds is 7. The second-order valence-electron chi connectivity index (χ2n) is 7.83. The van der Waals surface area contributed by atoms with Gasteiger partial charge in [-0.1, -0.05) is 29.8 Å². The van der Waals surface area contributed by atoms with Gasteiger partial charge in [0.05, 0.1) is 45.6 Å². The summed E-state index contributed by atoms with van der Waals surface area (Å²) in [5.74, 6) is 0.323. The van der Waals surface area contributed by atoms with Crippen LogP contribution in [-0.2, 0) is 4.79 Å². The Balaban J connectivity index is 1.50. The first-order valence-corrected chi connectivity index (χ1v) is 15.4. The van der Waals surface area contributed by atoms with Crippen LogP contribution < -0.4 is 16.0 Å². The van der Waals surface area contributed by atoms with Crippen molar-refractivity contribution in [1.29, 1.82) is 5.41 Å². The van der Waals surface area contributed by atoms with Gasteiger partial charge in [-0.3, -0.25) is 4.79 Å². The molecule has 5 rings (SSSR count). The molecule has 1 aliphatic rings. The van der Waals surface area contributed by atoms with Crippen LogP contribution in [0.1, 0.15) is 6.92 Å². The molecule has 0 bridgehead atoms. The monoisotopic (exact) mass is 630 g/mol. The number of hydrogen-bond acceptors (Lipinski definition) is 6. The molecule has 9 nitrogen and oxygen atoms in total. The predicted octanol–water partition coefficient (Wildman–Crippen LogP) is 5.57. The largest absolute Gasteiger partial charge is 0.368 e. The molecule has 2 atom stereocenters. The summed E-state index contributed by atoms with van der Waals surface area (Å²) in [5.41, 5.74) is 3.69. The fourth-order valence-electron chi connectivity index (χ4n) is 3.96. The van der Waals surface area contributed by atoms with E-state index in [1.165, 1.54) is 0 Å². The number of nitrogens with zero attached hydrogens (tertiary/aromatic N) is 4. The van der Waals surface area contributed by atoms with Crippen LogP contribution in [0.2, 0.25) is 5.02 Å². The summed E-state index contributed by atoms with van der Waals surface area (Å²) in [6.07, 6.45) is 9.96. The number of benzene rings is 2. The molecular formula is C24H21ClIN8OP. The van der Waals surface area contributed by atoms with Crippen molar-refractivity contribution in [3.8, 4) is 0 Å². The van der Waals surface area contributed by atoms with Crippen LogP contribution in [0.25, 0.3) is 27.5 Å². The Kier molecular flexibility index (Phi) is 7.08. The molecule has 0 saturated carbocycles. The molecule has 4 N–H and O–H groups in total. The third-order valence-corrected chi connectivity index (χ3v) is 8.03. The quantitative estimate of drug-likeness (QED) is 0.0924. The van der Waals surface area contributed by atoms with E-state index in [9.17, 15) is 4.79 Å². The second kappa shape index (κ2) is 10.4. The van der Waals surface area contributed by atoms with E-state index < -0.39 is 6.17 Å². The fourth-order valence-corrected chi connectivity index (χ4v) is 5.75. The number of fused-ring (bicyclic) bond motifs is 2. The summed E-state index contributed by atoms with van der Waals surface area (Å²) in [6, 6.07) is 11.8. The normalized spacial score (nSPS) is 15.9. The van der Waals surface area contributed by atoms with Crippen molar-refractivity contribution in [3.63, 3.8) is 0 Å². The summed E-state index contributed by atoms with van der Waals surface area (Å²) >= 11 is 9.03. The van der Waals surface area contributed by atoms with Crippen LogP contribution in [0.5, 0.6) is 0 Å². The van der Waals surface area contributed by atoms with Gasteiger partial charge in [0.1, 0.15) is 6.17 Å². The summed E-state index contributed by atoms with van der Waals surface area (Å²) < 4.78 is 3.74. The highest BCUT2D eigenvalue weighted by atomic mass is 127. The molecule has 0 saturated heterocycles.